The van der Waals surface area contributed by atoms with Crippen molar-refractivity contribution in [1.29, 1.82) is 0 Å². The van der Waals surface area contributed by atoms with Crippen molar-refractivity contribution < 1.29 is 19.1 Å². The van der Waals surface area contributed by atoms with Crippen molar-refractivity contribution in [2.24, 2.45) is 0 Å². The molecule has 1 aliphatic rings. The number of hydrogen-bond donors (Lipinski definition) is 0. The average Bonchev–Trinajstić information content (AvgIpc) is 3.07. The fraction of sp³-hybridized carbons (Fsp3) is 0.308. The van der Waals surface area contributed by atoms with Crippen LogP contribution in [0.2, 0.25) is 10.0 Å². The van der Waals surface area contributed by atoms with Gasteiger partial charge in [0.25, 0.3) is 11.1 Å². The fourth-order valence-corrected chi connectivity index (χ4v) is 4.88. The highest BCUT2D eigenvalue weighted by Crippen LogP contribution is 2.38. The van der Waals surface area contributed by atoms with Crippen molar-refractivity contribution in [3.63, 3.8) is 0 Å². The molecule has 5 nitrogen and oxygen atoms in total. The van der Waals surface area contributed by atoms with Crippen LogP contribution in [0.25, 0.3) is 6.08 Å². The quantitative estimate of drug-likeness (QED) is 0.239. The highest BCUT2D eigenvalue weighted by Gasteiger charge is 2.37. The van der Waals surface area contributed by atoms with Crippen molar-refractivity contribution >= 4 is 52.2 Å². The zero-order valence-corrected chi connectivity index (χ0v) is 21.7. The first-order valence-electron chi connectivity index (χ1n) is 11.0. The lowest BCUT2D eigenvalue weighted by Crippen LogP contribution is -2.36. The second-order valence-electron chi connectivity index (χ2n) is 7.77. The maximum atomic E-state index is 12.8. The number of rotatable bonds is 10. The lowest BCUT2D eigenvalue weighted by Gasteiger charge is -2.19. The number of ether oxygens (including phenoxy) is 2. The van der Waals surface area contributed by atoms with Gasteiger partial charge in [0, 0.05) is 27.2 Å². The van der Waals surface area contributed by atoms with Gasteiger partial charge in [-0.3, -0.25) is 14.5 Å². The van der Waals surface area contributed by atoms with E-state index in [2.05, 4.69) is 6.58 Å². The smallest absolute Gasteiger partial charge is 0.293 e. The van der Waals surface area contributed by atoms with Crippen LogP contribution in [0.3, 0.4) is 0 Å². The minimum atomic E-state index is -0.273. The van der Waals surface area contributed by atoms with Gasteiger partial charge in [0.05, 0.1) is 11.5 Å². The molecule has 8 heteroatoms. The van der Waals surface area contributed by atoms with Crippen LogP contribution in [-0.4, -0.2) is 28.7 Å². The minimum Gasteiger partial charge on any atom is -0.490 e. The summed E-state index contributed by atoms with van der Waals surface area (Å²) in [7, 11) is 0. The Morgan fingerprint density at radius 2 is 1.88 bits per heavy atom. The number of allylic oxidation sites excluding steroid dienone is 1. The fourth-order valence-electron chi connectivity index (χ4n) is 3.48. The van der Waals surface area contributed by atoms with Crippen LogP contribution in [0.5, 0.6) is 11.5 Å². The van der Waals surface area contributed by atoms with Crippen LogP contribution in [0.15, 0.2) is 47.9 Å². The lowest BCUT2D eigenvalue weighted by molar-refractivity contribution is -0.124. The van der Waals surface area contributed by atoms with Gasteiger partial charge in [0.1, 0.15) is 6.61 Å². The van der Waals surface area contributed by atoms with E-state index in [-0.39, 0.29) is 23.8 Å². The summed E-state index contributed by atoms with van der Waals surface area (Å²) in [5, 5.41) is 0.823. The third-order valence-corrected chi connectivity index (χ3v) is 6.83. The van der Waals surface area contributed by atoms with E-state index in [1.54, 1.807) is 24.3 Å². The third kappa shape index (κ3) is 5.98. The predicted octanol–water partition coefficient (Wildman–Crippen LogP) is 7.53. The summed E-state index contributed by atoms with van der Waals surface area (Å²) in [6, 6.07) is 8.83. The Morgan fingerprint density at radius 3 is 2.53 bits per heavy atom. The van der Waals surface area contributed by atoms with Crippen LogP contribution < -0.4 is 9.47 Å². The monoisotopic (exact) mass is 519 g/mol. The molecule has 180 valence electrons. The molecule has 0 radical (unpaired) electrons. The third-order valence-electron chi connectivity index (χ3n) is 5.36. The summed E-state index contributed by atoms with van der Waals surface area (Å²) < 4.78 is 12.0. The second-order valence-corrected chi connectivity index (χ2v) is 9.60. The zero-order chi connectivity index (χ0) is 24.8. The van der Waals surface area contributed by atoms with Crippen molar-refractivity contribution in [2.75, 3.05) is 6.61 Å². The lowest BCUT2D eigenvalue weighted by atomic mass is 10.0. The molecule has 3 rings (SSSR count). The molecule has 0 N–H and O–H groups in total. The molecule has 0 saturated carbocycles. The SMILES string of the molecule is C=CCc1cc(/C=C2/SC(=O)N([C@@H](C)CC)C2=O)cc(OCC)c1OCc1ccc(Cl)cc1Cl. The first kappa shape index (κ1) is 26.2. The summed E-state index contributed by atoms with van der Waals surface area (Å²) >= 11 is 13.3. The van der Waals surface area contributed by atoms with Gasteiger partial charge in [0.2, 0.25) is 0 Å². The minimum absolute atomic E-state index is 0.149. The van der Waals surface area contributed by atoms with Gasteiger partial charge >= 0.3 is 0 Å². The molecule has 0 bridgehead atoms. The van der Waals surface area contributed by atoms with Gasteiger partial charge in [-0.2, -0.15) is 0 Å². The molecular formula is C26H27Cl2NO4S. The second kappa shape index (κ2) is 11.8. The highest BCUT2D eigenvalue weighted by atomic mass is 35.5. The number of nitrogens with zero attached hydrogens (tertiary/aromatic N) is 1. The molecule has 0 spiro atoms. The molecule has 2 aromatic rings. The molecular weight excluding hydrogens is 493 g/mol. The average molecular weight is 520 g/mol. The van der Waals surface area contributed by atoms with Gasteiger partial charge in [-0.15, -0.1) is 6.58 Å². The van der Waals surface area contributed by atoms with E-state index >= 15 is 0 Å². The molecule has 1 atom stereocenters. The molecule has 1 heterocycles. The van der Waals surface area contributed by atoms with Gasteiger partial charge < -0.3 is 9.47 Å². The standard InChI is InChI=1S/C26H27Cl2NO4S/c1-5-8-18-11-17(13-23-25(30)29(16(4)6-2)26(31)34-23)12-22(32-7-3)24(18)33-15-19-9-10-20(27)14-21(19)28/h5,9-14,16H,1,6-8,15H2,2-4H3/b23-13+/t16-/m0/s1. The largest absolute Gasteiger partial charge is 0.490 e. The Labute approximate surface area is 214 Å². The zero-order valence-electron chi connectivity index (χ0n) is 19.4. The van der Waals surface area contributed by atoms with Crippen LogP contribution in [-0.2, 0) is 17.8 Å². The van der Waals surface area contributed by atoms with Crippen molar-refractivity contribution in [1.82, 2.24) is 4.90 Å². The van der Waals surface area contributed by atoms with Crippen molar-refractivity contribution in [3.8, 4) is 11.5 Å². The van der Waals surface area contributed by atoms with E-state index in [1.807, 2.05) is 39.0 Å². The van der Waals surface area contributed by atoms with E-state index in [0.29, 0.717) is 45.9 Å². The summed E-state index contributed by atoms with van der Waals surface area (Å²) in [5.74, 6) is 0.849. The van der Waals surface area contributed by atoms with Crippen LogP contribution >= 0.6 is 35.0 Å². The summed E-state index contributed by atoms with van der Waals surface area (Å²) in [4.78, 5) is 26.9. The number of carbonyl (C=O) groups excluding carboxylic acids is 2. The topological polar surface area (TPSA) is 55.8 Å². The molecule has 34 heavy (non-hydrogen) atoms. The van der Waals surface area contributed by atoms with Crippen LogP contribution in [0.1, 0.15) is 43.9 Å². The number of halogens is 2. The molecule has 2 aromatic carbocycles. The van der Waals surface area contributed by atoms with Gasteiger partial charge in [-0.1, -0.05) is 42.3 Å². The summed E-state index contributed by atoms with van der Waals surface area (Å²) in [6.07, 6.45) is 4.72. The summed E-state index contributed by atoms with van der Waals surface area (Å²) in [6.45, 7) is 10.2. The predicted molar refractivity (Wildman–Crippen MR) is 140 cm³/mol. The summed E-state index contributed by atoms with van der Waals surface area (Å²) in [5.41, 5.74) is 2.38. The number of carbonyl (C=O) groups is 2. The number of hydrogen-bond acceptors (Lipinski definition) is 5. The van der Waals surface area contributed by atoms with E-state index in [4.69, 9.17) is 32.7 Å². The van der Waals surface area contributed by atoms with Crippen molar-refractivity contribution in [3.05, 3.63) is 74.6 Å². The number of imide groups is 1. The van der Waals surface area contributed by atoms with E-state index < -0.39 is 0 Å². The van der Waals surface area contributed by atoms with Crippen LogP contribution in [0, 0.1) is 0 Å². The molecule has 0 aromatic heterocycles. The van der Waals surface area contributed by atoms with E-state index in [9.17, 15) is 9.59 Å². The first-order valence-corrected chi connectivity index (χ1v) is 12.6. The molecule has 0 unspecified atom stereocenters. The Hall–Kier alpha value is -2.41. The Morgan fingerprint density at radius 1 is 1.12 bits per heavy atom. The van der Waals surface area contributed by atoms with Gasteiger partial charge in [-0.05, 0) is 74.4 Å². The van der Waals surface area contributed by atoms with E-state index in [0.717, 1.165) is 28.5 Å². The molecule has 1 aliphatic heterocycles. The molecule has 1 saturated heterocycles. The maximum absolute atomic E-state index is 12.8. The Bertz CT molecular complexity index is 1130. The van der Waals surface area contributed by atoms with Crippen molar-refractivity contribution in [2.45, 2.75) is 46.3 Å². The Balaban J connectivity index is 1.96. The maximum Gasteiger partial charge on any atom is 0.293 e. The number of amides is 2. The Kier molecular flexibility index (Phi) is 9.11. The van der Waals surface area contributed by atoms with E-state index in [1.165, 1.54) is 4.90 Å². The first-order chi connectivity index (χ1) is 16.3. The molecule has 0 aliphatic carbocycles. The molecule has 2 amide bonds. The van der Waals surface area contributed by atoms with Gasteiger partial charge in [0.15, 0.2) is 11.5 Å². The van der Waals surface area contributed by atoms with Gasteiger partial charge in [-0.25, -0.2) is 0 Å². The number of thioether (sulfide) groups is 1. The normalized spacial score (nSPS) is 15.7. The van der Waals surface area contributed by atoms with Crippen LogP contribution in [0.4, 0.5) is 4.79 Å². The molecule has 1 fully saturated rings. The highest BCUT2D eigenvalue weighted by molar-refractivity contribution is 8.18. The number of benzene rings is 2.